The average Bonchev–Trinajstić information content (AvgIpc) is 3.11. The molecule has 3 aromatic rings. The van der Waals surface area contributed by atoms with E-state index in [1.165, 1.54) is 16.7 Å². The second kappa shape index (κ2) is 9.02. The van der Waals surface area contributed by atoms with Gasteiger partial charge in [-0.2, -0.15) is 0 Å². The summed E-state index contributed by atoms with van der Waals surface area (Å²) in [6.45, 7) is 2.30. The Morgan fingerprint density at radius 2 is 1.77 bits per heavy atom. The van der Waals surface area contributed by atoms with Crippen molar-refractivity contribution in [2.75, 3.05) is 13.2 Å². The molecule has 1 aromatic heterocycles. The van der Waals surface area contributed by atoms with Crippen LogP contribution in [0.5, 0.6) is 0 Å². The first kappa shape index (κ1) is 18.7. The van der Waals surface area contributed by atoms with E-state index in [2.05, 4.69) is 55.5 Å². The van der Waals surface area contributed by atoms with Crippen LogP contribution in [0.1, 0.15) is 37.3 Å². The minimum Gasteiger partial charge on any atom is -0.456 e. The molecule has 0 fully saturated rings. The molecule has 0 radical (unpaired) electrons. The zero-order valence-corrected chi connectivity index (χ0v) is 15.4. The number of aliphatic hydroxyl groups is 2. The zero-order valence-electron chi connectivity index (χ0n) is 15.4. The number of aliphatic hydroxyl groups excluding tert-OH is 2. The molecule has 0 amide bonds. The van der Waals surface area contributed by atoms with Gasteiger partial charge in [0.25, 0.3) is 0 Å². The maximum atomic E-state index is 9.12. The van der Waals surface area contributed by atoms with Crippen LogP contribution in [0.2, 0.25) is 0 Å². The van der Waals surface area contributed by atoms with Gasteiger partial charge in [-0.15, -0.1) is 0 Å². The minimum atomic E-state index is 0.0174. The summed E-state index contributed by atoms with van der Waals surface area (Å²) >= 11 is 0. The fourth-order valence-electron chi connectivity index (χ4n) is 3.44. The van der Waals surface area contributed by atoms with Gasteiger partial charge < -0.3 is 14.6 Å². The monoisotopic (exact) mass is 352 g/mol. The van der Waals surface area contributed by atoms with Crippen LogP contribution < -0.4 is 0 Å². The maximum Gasteiger partial charge on any atom is 0.135 e. The van der Waals surface area contributed by atoms with Crippen molar-refractivity contribution in [2.45, 2.75) is 39.0 Å². The maximum absolute atomic E-state index is 9.12. The Hall–Kier alpha value is -2.10. The van der Waals surface area contributed by atoms with Crippen molar-refractivity contribution in [3.05, 3.63) is 59.7 Å². The quantitative estimate of drug-likeness (QED) is 0.534. The normalized spacial score (nSPS) is 11.5. The molecule has 0 saturated carbocycles. The highest BCUT2D eigenvalue weighted by atomic mass is 16.3. The smallest absolute Gasteiger partial charge is 0.135 e. The third kappa shape index (κ3) is 4.35. The summed E-state index contributed by atoms with van der Waals surface area (Å²) in [5, 5.41) is 19.4. The molecule has 3 heteroatoms. The number of furan rings is 1. The summed E-state index contributed by atoms with van der Waals surface area (Å²) in [4.78, 5) is 0. The van der Waals surface area contributed by atoms with Gasteiger partial charge in [-0.3, -0.25) is 0 Å². The van der Waals surface area contributed by atoms with Gasteiger partial charge in [0, 0.05) is 30.1 Å². The first-order valence-electron chi connectivity index (χ1n) is 9.57. The Labute approximate surface area is 155 Å². The molecule has 0 spiro atoms. The third-order valence-corrected chi connectivity index (χ3v) is 5.09. The van der Waals surface area contributed by atoms with E-state index in [-0.39, 0.29) is 19.1 Å². The van der Waals surface area contributed by atoms with E-state index in [0.717, 1.165) is 48.8 Å². The van der Waals surface area contributed by atoms with Crippen LogP contribution in [-0.4, -0.2) is 23.4 Å². The largest absolute Gasteiger partial charge is 0.456 e. The molecule has 3 rings (SSSR count). The minimum absolute atomic E-state index is 0.0174. The SMILES string of the molecule is CCc1ccccc1-c1cc2ccc(CCCCC(CO)CO)cc2o1. The lowest BCUT2D eigenvalue weighted by molar-refractivity contribution is 0.142. The number of benzene rings is 2. The van der Waals surface area contributed by atoms with Gasteiger partial charge in [0.15, 0.2) is 0 Å². The van der Waals surface area contributed by atoms with Gasteiger partial charge in [0.2, 0.25) is 0 Å². The lowest BCUT2D eigenvalue weighted by Crippen LogP contribution is -2.10. The number of aryl methyl sites for hydroxylation is 2. The van der Waals surface area contributed by atoms with Crippen molar-refractivity contribution in [2.24, 2.45) is 5.92 Å². The molecule has 0 atom stereocenters. The fourth-order valence-corrected chi connectivity index (χ4v) is 3.44. The number of rotatable bonds is 9. The molecule has 0 unspecified atom stereocenters. The van der Waals surface area contributed by atoms with E-state index in [1.807, 2.05) is 0 Å². The molecule has 26 heavy (non-hydrogen) atoms. The number of fused-ring (bicyclic) bond motifs is 1. The summed E-state index contributed by atoms with van der Waals surface area (Å²) in [7, 11) is 0. The van der Waals surface area contributed by atoms with Gasteiger partial charge in [-0.1, -0.05) is 49.7 Å². The van der Waals surface area contributed by atoms with Crippen LogP contribution in [0, 0.1) is 5.92 Å². The molecule has 2 N–H and O–H groups in total. The van der Waals surface area contributed by atoms with Gasteiger partial charge in [0.1, 0.15) is 11.3 Å². The van der Waals surface area contributed by atoms with Crippen molar-refractivity contribution in [1.82, 2.24) is 0 Å². The van der Waals surface area contributed by atoms with E-state index >= 15 is 0 Å². The third-order valence-electron chi connectivity index (χ3n) is 5.09. The van der Waals surface area contributed by atoms with Gasteiger partial charge in [0.05, 0.1) is 0 Å². The molecule has 3 nitrogen and oxygen atoms in total. The van der Waals surface area contributed by atoms with Gasteiger partial charge in [-0.05, 0) is 48.9 Å². The van der Waals surface area contributed by atoms with Gasteiger partial charge >= 0.3 is 0 Å². The number of hydrogen-bond donors (Lipinski definition) is 2. The van der Waals surface area contributed by atoms with Crippen LogP contribution in [0.3, 0.4) is 0 Å². The van der Waals surface area contributed by atoms with E-state index in [0.29, 0.717) is 0 Å². The summed E-state index contributed by atoms with van der Waals surface area (Å²) in [6, 6.07) is 17.0. The molecule has 0 aliphatic carbocycles. The van der Waals surface area contributed by atoms with Crippen molar-refractivity contribution in [3.8, 4) is 11.3 Å². The lowest BCUT2D eigenvalue weighted by Gasteiger charge is -2.09. The topological polar surface area (TPSA) is 53.6 Å². The molecule has 0 saturated heterocycles. The van der Waals surface area contributed by atoms with E-state index in [4.69, 9.17) is 14.6 Å². The molecule has 1 heterocycles. The van der Waals surface area contributed by atoms with Crippen LogP contribution in [0.15, 0.2) is 52.9 Å². The van der Waals surface area contributed by atoms with Crippen molar-refractivity contribution >= 4 is 11.0 Å². The Morgan fingerprint density at radius 1 is 0.962 bits per heavy atom. The fraction of sp³-hybridized carbons (Fsp3) is 0.391. The van der Waals surface area contributed by atoms with Crippen LogP contribution in [-0.2, 0) is 12.8 Å². The summed E-state index contributed by atoms with van der Waals surface area (Å²) in [5.74, 6) is 0.951. The Bertz CT molecular complexity index is 830. The zero-order chi connectivity index (χ0) is 18.4. The predicted molar refractivity (Wildman–Crippen MR) is 106 cm³/mol. The van der Waals surface area contributed by atoms with Crippen molar-refractivity contribution < 1.29 is 14.6 Å². The molecule has 0 bridgehead atoms. The molecular formula is C23H28O3. The number of hydrogen-bond acceptors (Lipinski definition) is 3. The molecule has 138 valence electrons. The van der Waals surface area contributed by atoms with Crippen LogP contribution in [0.4, 0.5) is 0 Å². The second-order valence-corrected chi connectivity index (χ2v) is 6.97. The first-order valence-corrected chi connectivity index (χ1v) is 9.57. The first-order chi connectivity index (χ1) is 12.7. The van der Waals surface area contributed by atoms with E-state index in [1.54, 1.807) is 0 Å². The van der Waals surface area contributed by atoms with E-state index in [9.17, 15) is 0 Å². The van der Waals surface area contributed by atoms with Crippen molar-refractivity contribution in [3.63, 3.8) is 0 Å². The summed E-state index contributed by atoms with van der Waals surface area (Å²) < 4.78 is 6.15. The Kier molecular flexibility index (Phi) is 6.48. The molecule has 0 aliphatic heterocycles. The standard InChI is InChI=1S/C23H28O3/c1-2-19-9-5-6-10-21(19)23-14-20-12-11-17(13-22(20)26-23)7-3-4-8-18(15-24)16-25/h5-6,9-14,18,24-25H,2-4,7-8,15-16H2,1H3. The highest BCUT2D eigenvalue weighted by molar-refractivity contribution is 5.84. The predicted octanol–water partition coefficient (Wildman–Crippen LogP) is 4.98. The molecule has 2 aromatic carbocycles. The Balaban J connectivity index is 1.70. The second-order valence-electron chi connectivity index (χ2n) is 6.97. The molecule has 0 aliphatic rings. The van der Waals surface area contributed by atoms with Crippen LogP contribution in [0.25, 0.3) is 22.3 Å². The van der Waals surface area contributed by atoms with E-state index < -0.39 is 0 Å². The van der Waals surface area contributed by atoms with Crippen molar-refractivity contribution in [1.29, 1.82) is 0 Å². The number of unbranched alkanes of at least 4 members (excludes halogenated alkanes) is 1. The average molecular weight is 352 g/mol. The Morgan fingerprint density at radius 3 is 2.54 bits per heavy atom. The molecular weight excluding hydrogens is 324 g/mol. The highest BCUT2D eigenvalue weighted by Crippen LogP contribution is 2.31. The van der Waals surface area contributed by atoms with Crippen LogP contribution >= 0.6 is 0 Å². The summed E-state index contributed by atoms with van der Waals surface area (Å²) in [6.07, 6.45) is 4.90. The highest BCUT2D eigenvalue weighted by Gasteiger charge is 2.10. The van der Waals surface area contributed by atoms with Gasteiger partial charge in [-0.25, -0.2) is 0 Å². The lowest BCUT2D eigenvalue weighted by atomic mass is 10.0. The summed E-state index contributed by atoms with van der Waals surface area (Å²) in [5.41, 5.74) is 4.68.